The van der Waals surface area contributed by atoms with E-state index in [1.54, 1.807) is 24.5 Å². The van der Waals surface area contributed by atoms with Crippen molar-refractivity contribution in [3.05, 3.63) is 52.7 Å². The quantitative estimate of drug-likeness (QED) is 0.696. The Morgan fingerprint density at radius 2 is 2.10 bits per heavy atom. The smallest absolute Gasteiger partial charge is 0.274 e. The average molecular weight is 284 g/mol. The van der Waals surface area contributed by atoms with Crippen LogP contribution in [0.5, 0.6) is 0 Å². The van der Waals surface area contributed by atoms with Crippen molar-refractivity contribution in [1.29, 1.82) is 0 Å². The number of primary amides is 1. The topological polar surface area (TPSA) is 109 Å². The zero-order valence-electron chi connectivity index (χ0n) is 11.0. The normalized spacial score (nSPS) is 10.9. The van der Waals surface area contributed by atoms with Gasteiger partial charge >= 0.3 is 0 Å². The van der Waals surface area contributed by atoms with Gasteiger partial charge in [0.15, 0.2) is 0 Å². The van der Waals surface area contributed by atoms with Gasteiger partial charge in [-0.15, -0.1) is 5.10 Å². The van der Waals surface area contributed by atoms with E-state index in [0.717, 1.165) is 5.39 Å². The van der Waals surface area contributed by atoms with Crippen molar-refractivity contribution in [2.45, 2.75) is 13.1 Å². The highest BCUT2D eigenvalue weighted by molar-refractivity contribution is 5.80. The monoisotopic (exact) mass is 284 g/mol. The van der Waals surface area contributed by atoms with Gasteiger partial charge in [-0.1, -0.05) is 23.4 Å². The van der Waals surface area contributed by atoms with Crippen LogP contribution >= 0.6 is 0 Å². The Hall–Kier alpha value is -3.03. The average Bonchev–Trinajstić information content (AvgIpc) is 2.89. The van der Waals surface area contributed by atoms with Crippen LogP contribution in [-0.4, -0.2) is 30.7 Å². The SMILES string of the molecule is NC(=O)Cn1cc(Cn2ncc3ccccc3c2=O)nn1. The summed E-state index contributed by atoms with van der Waals surface area (Å²) < 4.78 is 2.63. The van der Waals surface area contributed by atoms with E-state index in [0.29, 0.717) is 11.1 Å². The van der Waals surface area contributed by atoms with E-state index < -0.39 is 5.91 Å². The molecule has 0 spiro atoms. The van der Waals surface area contributed by atoms with Gasteiger partial charge in [-0.3, -0.25) is 9.59 Å². The van der Waals surface area contributed by atoms with Gasteiger partial charge in [0.2, 0.25) is 5.91 Å². The van der Waals surface area contributed by atoms with E-state index in [2.05, 4.69) is 15.4 Å². The Morgan fingerprint density at radius 3 is 2.90 bits per heavy atom. The summed E-state index contributed by atoms with van der Waals surface area (Å²) in [7, 11) is 0. The number of carbonyl (C=O) groups is 1. The second-order valence-electron chi connectivity index (χ2n) is 4.57. The van der Waals surface area contributed by atoms with Crippen molar-refractivity contribution in [2.75, 3.05) is 0 Å². The van der Waals surface area contributed by atoms with Gasteiger partial charge in [0.1, 0.15) is 12.2 Å². The molecule has 2 heterocycles. The number of rotatable bonds is 4. The van der Waals surface area contributed by atoms with Crippen LogP contribution in [0.2, 0.25) is 0 Å². The van der Waals surface area contributed by atoms with Crippen LogP contribution in [0.1, 0.15) is 5.69 Å². The molecule has 0 radical (unpaired) electrons. The lowest BCUT2D eigenvalue weighted by Gasteiger charge is -2.03. The molecule has 0 aliphatic heterocycles. The first-order chi connectivity index (χ1) is 10.1. The molecule has 1 aromatic carbocycles. The van der Waals surface area contributed by atoms with E-state index in [1.165, 1.54) is 9.36 Å². The van der Waals surface area contributed by atoms with E-state index in [4.69, 9.17) is 5.73 Å². The molecule has 1 amide bonds. The van der Waals surface area contributed by atoms with Crippen molar-refractivity contribution in [3.63, 3.8) is 0 Å². The highest BCUT2D eigenvalue weighted by Crippen LogP contribution is 2.06. The van der Waals surface area contributed by atoms with E-state index >= 15 is 0 Å². The first kappa shape index (κ1) is 13.0. The number of benzene rings is 1. The summed E-state index contributed by atoms with van der Waals surface area (Å²) >= 11 is 0. The molecule has 2 aromatic heterocycles. The maximum Gasteiger partial charge on any atom is 0.274 e. The van der Waals surface area contributed by atoms with Gasteiger partial charge in [0.25, 0.3) is 5.56 Å². The molecule has 3 rings (SSSR count). The predicted molar refractivity (Wildman–Crippen MR) is 74.3 cm³/mol. The summed E-state index contributed by atoms with van der Waals surface area (Å²) in [6.07, 6.45) is 3.19. The van der Waals surface area contributed by atoms with Gasteiger partial charge in [0.05, 0.1) is 24.3 Å². The first-order valence-electron chi connectivity index (χ1n) is 6.25. The minimum absolute atomic E-state index is 0.0486. The zero-order chi connectivity index (χ0) is 14.8. The number of fused-ring (bicyclic) bond motifs is 1. The number of nitrogens with zero attached hydrogens (tertiary/aromatic N) is 5. The minimum Gasteiger partial charge on any atom is -0.368 e. The van der Waals surface area contributed by atoms with Crippen LogP contribution in [0.4, 0.5) is 0 Å². The van der Waals surface area contributed by atoms with Crippen LogP contribution < -0.4 is 11.3 Å². The van der Waals surface area contributed by atoms with Gasteiger partial charge in [0, 0.05) is 5.39 Å². The van der Waals surface area contributed by atoms with Crippen molar-refractivity contribution in [3.8, 4) is 0 Å². The van der Waals surface area contributed by atoms with Gasteiger partial charge in [-0.25, -0.2) is 9.36 Å². The Bertz CT molecular complexity index is 866. The molecule has 3 aromatic rings. The molecule has 2 N–H and O–H groups in total. The highest BCUT2D eigenvalue weighted by Gasteiger charge is 2.08. The lowest BCUT2D eigenvalue weighted by atomic mass is 10.2. The molecule has 8 heteroatoms. The number of carbonyl (C=O) groups excluding carboxylic acids is 1. The Kier molecular flexibility index (Phi) is 3.19. The maximum atomic E-state index is 12.3. The minimum atomic E-state index is -0.507. The summed E-state index contributed by atoms with van der Waals surface area (Å²) in [6.45, 7) is 0.134. The lowest BCUT2D eigenvalue weighted by Crippen LogP contribution is -2.23. The van der Waals surface area contributed by atoms with Gasteiger partial charge in [-0.05, 0) is 6.07 Å². The molecular formula is C13H12N6O2. The van der Waals surface area contributed by atoms with Gasteiger partial charge < -0.3 is 5.73 Å². The third-order valence-corrected chi connectivity index (χ3v) is 2.98. The summed E-state index contributed by atoms with van der Waals surface area (Å²) in [6, 6.07) is 7.23. The van der Waals surface area contributed by atoms with E-state index in [9.17, 15) is 9.59 Å². The Morgan fingerprint density at radius 1 is 1.29 bits per heavy atom. The third kappa shape index (κ3) is 2.64. The molecule has 106 valence electrons. The number of amides is 1. The fourth-order valence-corrected chi connectivity index (χ4v) is 2.04. The summed E-state index contributed by atoms with van der Waals surface area (Å²) in [5.74, 6) is -0.507. The van der Waals surface area contributed by atoms with Crippen LogP contribution in [0.25, 0.3) is 10.8 Å². The van der Waals surface area contributed by atoms with Crippen LogP contribution in [0.15, 0.2) is 41.5 Å². The van der Waals surface area contributed by atoms with Crippen LogP contribution in [-0.2, 0) is 17.9 Å². The largest absolute Gasteiger partial charge is 0.368 e. The maximum absolute atomic E-state index is 12.3. The number of hydrogen-bond acceptors (Lipinski definition) is 5. The molecule has 0 saturated carbocycles. The van der Waals surface area contributed by atoms with Crippen molar-refractivity contribution in [2.24, 2.45) is 5.73 Å². The predicted octanol–water partition coefficient (Wildman–Crippen LogP) is -0.478. The number of nitrogens with two attached hydrogens (primary N) is 1. The standard InChI is InChI=1S/C13H12N6O2/c14-12(20)8-18-6-10(16-17-18)7-19-13(21)11-4-2-1-3-9(11)5-15-19/h1-6H,7-8H2,(H2,14,20). The number of hydrogen-bond donors (Lipinski definition) is 1. The second-order valence-corrected chi connectivity index (χ2v) is 4.57. The van der Waals surface area contributed by atoms with E-state index in [-0.39, 0.29) is 18.6 Å². The third-order valence-electron chi connectivity index (χ3n) is 2.98. The summed E-state index contributed by atoms with van der Waals surface area (Å²) in [5, 5.41) is 13.1. The Balaban J connectivity index is 1.91. The molecule has 0 bridgehead atoms. The first-order valence-corrected chi connectivity index (χ1v) is 6.25. The molecule has 8 nitrogen and oxygen atoms in total. The fourth-order valence-electron chi connectivity index (χ4n) is 2.04. The molecule has 21 heavy (non-hydrogen) atoms. The van der Waals surface area contributed by atoms with Crippen molar-refractivity contribution >= 4 is 16.7 Å². The summed E-state index contributed by atoms with van der Waals surface area (Å²) in [4.78, 5) is 23.1. The van der Waals surface area contributed by atoms with Crippen LogP contribution in [0, 0.1) is 0 Å². The molecule has 0 saturated heterocycles. The molecule has 0 fully saturated rings. The zero-order valence-corrected chi connectivity index (χ0v) is 11.0. The van der Waals surface area contributed by atoms with E-state index in [1.807, 2.05) is 12.1 Å². The van der Waals surface area contributed by atoms with Crippen LogP contribution in [0.3, 0.4) is 0 Å². The highest BCUT2D eigenvalue weighted by atomic mass is 16.1. The van der Waals surface area contributed by atoms with Crippen molar-refractivity contribution in [1.82, 2.24) is 24.8 Å². The van der Waals surface area contributed by atoms with Crippen molar-refractivity contribution < 1.29 is 4.79 Å². The second kappa shape index (κ2) is 5.16. The molecule has 0 aliphatic rings. The Labute approximate surface area is 118 Å². The molecule has 0 atom stereocenters. The lowest BCUT2D eigenvalue weighted by molar-refractivity contribution is -0.118. The molecular weight excluding hydrogens is 272 g/mol. The fraction of sp³-hybridized carbons (Fsp3) is 0.154. The number of aromatic nitrogens is 5. The van der Waals surface area contributed by atoms with Gasteiger partial charge in [-0.2, -0.15) is 5.10 Å². The summed E-state index contributed by atoms with van der Waals surface area (Å²) in [5.41, 5.74) is 5.41. The molecule has 0 unspecified atom stereocenters. The molecule has 0 aliphatic carbocycles.